The number of carbonyl (C=O) groups is 1. The molecule has 5 nitrogen and oxygen atoms in total. The van der Waals surface area contributed by atoms with E-state index in [2.05, 4.69) is 15.3 Å². The van der Waals surface area contributed by atoms with Gasteiger partial charge in [-0.3, -0.25) is 10.1 Å². The van der Waals surface area contributed by atoms with Gasteiger partial charge in [0.15, 0.2) is 5.13 Å². The number of amides is 1. The van der Waals surface area contributed by atoms with Gasteiger partial charge < -0.3 is 4.42 Å². The number of fused-ring (bicyclic) bond motifs is 1. The Morgan fingerprint density at radius 2 is 2.07 bits per heavy atom. The van der Waals surface area contributed by atoms with E-state index in [9.17, 15) is 9.18 Å². The Morgan fingerprint density at radius 3 is 2.85 bits per heavy atom. The van der Waals surface area contributed by atoms with Crippen molar-refractivity contribution in [3.8, 4) is 0 Å². The summed E-state index contributed by atoms with van der Waals surface area (Å²) in [5, 5.41) is 5.77. The maximum atomic E-state index is 13.5. The number of hydrogen-bond donors (Lipinski definition) is 1. The van der Waals surface area contributed by atoms with Crippen molar-refractivity contribution >= 4 is 39.0 Å². The first-order valence-electron chi connectivity index (χ1n) is 8.15. The van der Waals surface area contributed by atoms with Gasteiger partial charge in [-0.2, -0.15) is 0 Å². The Balaban J connectivity index is 1.87. The maximum absolute atomic E-state index is 13.5. The highest BCUT2D eigenvalue weighted by Gasteiger charge is 2.14. The van der Waals surface area contributed by atoms with Gasteiger partial charge in [-0.05, 0) is 42.8 Å². The molecule has 0 aliphatic heterocycles. The summed E-state index contributed by atoms with van der Waals surface area (Å²) in [5.41, 5.74) is 1.97. The Labute approximate surface area is 157 Å². The van der Waals surface area contributed by atoms with Crippen LogP contribution in [0.25, 0.3) is 11.0 Å². The molecule has 134 valence electrons. The average molecular weight is 379 g/mol. The quantitative estimate of drug-likeness (QED) is 0.555. The van der Waals surface area contributed by atoms with Crippen LogP contribution in [0, 0.1) is 12.7 Å². The molecule has 1 N–H and O–H groups in total. The molecule has 4 aromatic rings. The second kappa shape index (κ2) is 7.13. The lowest BCUT2D eigenvalue weighted by atomic mass is 10.1. The van der Waals surface area contributed by atoms with Gasteiger partial charge >= 0.3 is 0 Å². The molecule has 0 fully saturated rings. The smallest absolute Gasteiger partial charge is 0.262 e. The molecule has 0 saturated carbocycles. The van der Waals surface area contributed by atoms with Crippen LogP contribution in [0.4, 0.5) is 15.2 Å². The summed E-state index contributed by atoms with van der Waals surface area (Å²) in [4.78, 5) is 21.3. The van der Waals surface area contributed by atoms with Gasteiger partial charge in [0.05, 0.1) is 5.69 Å². The van der Waals surface area contributed by atoms with Crippen molar-refractivity contribution in [3.05, 3.63) is 82.6 Å². The molecule has 2 aromatic heterocycles. The second-order valence-corrected chi connectivity index (χ2v) is 6.73. The molecule has 2 aromatic carbocycles. The Hall–Kier alpha value is -3.32. The number of rotatable bonds is 3. The first-order valence-corrected chi connectivity index (χ1v) is 9.03. The first-order chi connectivity index (χ1) is 13.1. The van der Waals surface area contributed by atoms with Crippen LogP contribution in [0.15, 0.2) is 69.5 Å². The van der Waals surface area contributed by atoms with E-state index < -0.39 is 0 Å². The summed E-state index contributed by atoms with van der Waals surface area (Å²) in [6.07, 6.45) is 1.61. The molecule has 7 heteroatoms. The van der Waals surface area contributed by atoms with Gasteiger partial charge in [-0.1, -0.05) is 18.2 Å². The Morgan fingerprint density at radius 1 is 1.22 bits per heavy atom. The highest BCUT2D eigenvalue weighted by molar-refractivity contribution is 7.13. The molecule has 0 bridgehead atoms. The minimum Gasteiger partial charge on any atom is -0.438 e. The standard InChI is InChI=1S/C20H14FN3O2S/c1-12-10-14(6-7-16(12)21)23-19-15(18(25)24-20-22-8-9-27-20)11-13-4-2-3-5-17(13)26-19/h2-11H,1H3,(H,22,24,25). The number of thiazole rings is 1. The number of anilines is 1. The molecule has 27 heavy (non-hydrogen) atoms. The Kier molecular flexibility index (Phi) is 4.52. The highest BCUT2D eigenvalue weighted by atomic mass is 32.1. The highest BCUT2D eigenvalue weighted by Crippen LogP contribution is 2.19. The third-order valence-corrected chi connectivity index (χ3v) is 4.61. The number of para-hydroxylation sites is 1. The summed E-state index contributed by atoms with van der Waals surface area (Å²) in [5.74, 6) is -0.692. The number of aryl methyl sites for hydroxylation is 1. The molecular formula is C20H14FN3O2S. The number of nitrogens with zero attached hydrogens (tertiary/aromatic N) is 2. The van der Waals surface area contributed by atoms with E-state index in [-0.39, 0.29) is 22.8 Å². The van der Waals surface area contributed by atoms with Crippen LogP contribution in [0.2, 0.25) is 0 Å². The molecule has 2 heterocycles. The number of halogens is 1. The van der Waals surface area contributed by atoms with Gasteiger partial charge in [-0.15, -0.1) is 11.3 Å². The Bertz CT molecular complexity index is 1200. The van der Waals surface area contributed by atoms with Crippen molar-refractivity contribution in [2.24, 2.45) is 4.99 Å². The fraction of sp³-hybridized carbons (Fsp3) is 0.0500. The van der Waals surface area contributed by atoms with Crippen LogP contribution >= 0.6 is 11.3 Å². The lowest BCUT2D eigenvalue weighted by Crippen LogP contribution is -2.21. The van der Waals surface area contributed by atoms with Gasteiger partial charge in [0.25, 0.3) is 5.91 Å². The second-order valence-electron chi connectivity index (χ2n) is 5.84. The largest absolute Gasteiger partial charge is 0.438 e. The van der Waals surface area contributed by atoms with Gasteiger partial charge in [-0.25, -0.2) is 14.4 Å². The van der Waals surface area contributed by atoms with Crippen molar-refractivity contribution in [1.82, 2.24) is 4.98 Å². The predicted octanol–water partition coefficient (Wildman–Crippen LogP) is 4.82. The van der Waals surface area contributed by atoms with Crippen molar-refractivity contribution in [3.63, 3.8) is 0 Å². The molecule has 0 unspecified atom stereocenters. The molecule has 0 spiro atoms. The fourth-order valence-corrected chi connectivity index (χ4v) is 3.10. The van der Waals surface area contributed by atoms with E-state index in [0.29, 0.717) is 22.0 Å². The molecule has 0 aliphatic carbocycles. The maximum Gasteiger partial charge on any atom is 0.262 e. The third-order valence-electron chi connectivity index (χ3n) is 3.93. The molecule has 0 saturated heterocycles. The van der Waals surface area contributed by atoms with Crippen LogP contribution in [0.5, 0.6) is 0 Å². The molecule has 0 aliphatic rings. The molecule has 0 atom stereocenters. The summed E-state index contributed by atoms with van der Waals surface area (Å²) in [6, 6.07) is 13.5. The summed E-state index contributed by atoms with van der Waals surface area (Å²) in [7, 11) is 0. The lowest BCUT2D eigenvalue weighted by molar-refractivity contribution is 0.102. The molecule has 0 radical (unpaired) electrons. The van der Waals surface area contributed by atoms with Crippen molar-refractivity contribution in [1.29, 1.82) is 0 Å². The summed E-state index contributed by atoms with van der Waals surface area (Å²) < 4.78 is 19.4. The molecular weight excluding hydrogens is 365 g/mol. The predicted molar refractivity (Wildman–Crippen MR) is 103 cm³/mol. The van der Waals surface area contributed by atoms with Crippen LogP contribution < -0.4 is 10.9 Å². The number of hydrogen-bond acceptors (Lipinski definition) is 5. The van der Waals surface area contributed by atoms with E-state index in [0.717, 1.165) is 5.39 Å². The van der Waals surface area contributed by atoms with E-state index in [1.165, 1.54) is 23.5 Å². The zero-order chi connectivity index (χ0) is 18.8. The fourth-order valence-electron chi connectivity index (χ4n) is 2.58. The monoisotopic (exact) mass is 379 g/mol. The minimum absolute atomic E-state index is 0.147. The number of carbonyl (C=O) groups excluding carboxylic acids is 1. The van der Waals surface area contributed by atoms with Crippen LogP contribution in [-0.4, -0.2) is 10.9 Å². The summed E-state index contributed by atoms with van der Waals surface area (Å²) in [6.45, 7) is 1.65. The average Bonchev–Trinajstić information content (AvgIpc) is 3.17. The number of nitrogens with one attached hydrogen (secondary N) is 1. The van der Waals surface area contributed by atoms with Gasteiger partial charge in [0.1, 0.15) is 17.0 Å². The van der Waals surface area contributed by atoms with Crippen LogP contribution in [0.1, 0.15) is 15.9 Å². The minimum atomic E-state index is -0.378. The van der Waals surface area contributed by atoms with E-state index in [1.807, 2.05) is 18.2 Å². The normalized spacial score (nSPS) is 11.7. The van der Waals surface area contributed by atoms with Crippen LogP contribution in [0.3, 0.4) is 0 Å². The van der Waals surface area contributed by atoms with E-state index >= 15 is 0 Å². The summed E-state index contributed by atoms with van der Waals surface area (Å²) >= 11 is 1.32. The molecule has 4 rings (SSSR count). The topological polar surface area (TPSA) is 67.5 Å². The molecule has 1 amide bonds. The SMILES string of the molecule is Cc1cc(N=c2oc3ccccc3cc2C(=O)Nc2nccs2)ccc1F. The van der Waals surface area contributed by atoms with Crippen molar-refractivity contribution < 1.29 is 13.6 Å². The zero-order valence-electron chi connectivity index (χ0n) is 14.3. The van der Waals surface area contributed by atoms with Gasteiger partial charge in [0.2, 0.25) is 5.55 Å². The van der Waals surface area contributed by atoms with Crippen LogP contribution in [-0.2, 0) is 0 Å². The van der Waals surface area contributed by atoms with E-state index in [4.69, 9.17) is 4.42 Å². The van der Waals surface area contributed by atoms with E-state index in [1.54, 1.807) is 36.7 Å². The number of benzene rings is 2. The first kappa shape index (κ1) is 17.1. The lowest BCUT2D eigenvalue weighted by Gasteiger charge is -2.05. The third kappa shape index (κ3) is 3.63. The number of aromatic nitrogens is 1. The van der Waals surface area contributed by atoms with Crippen molar-refractivity contribution in [2.75, 3.05) is 5.32 Å². The van der Waals surface area contributed by atoms with Gasteiger partial charge in [0, 0.05) is 17.0 Å². The van der Waals surface area contributed by atoms with Crippen molar-refractivity contribution in [2.45, 2.75) is 6.92 Å². The zero-order valence-corrected chi connectivity index (χ0v) is 15.1.